The first-order valence-electron chi connectivity index (χ1n) is 8.13. The summed E-state index contributed by atoms with van der Waals surface area (Å²) in [6.07, 6.45) is 12.7. The molecule has 0 aromatic rings. The van der Waals surface area contributed by atoms with Crippen LogP contribution in [0.1, 0.15) is 71.1 Å². The Kier molecular flexibility index (Phi) is 13.9. The maximum atomic E-state index is 11.5. The van der Waals surface area contributed by atoms with Gasteiger partial charge in [0.2, 0.25) is 5.91 Å². The largest absolute Gasteiger partial charge is 0.354 e. The summed E-state index contributed by atoms with van der Waals surface area (Å²) in [4.78, 5) is 22.1. The Bertz CT molecular complexity index is 245. The van der Waals surface area contributed by atoms with Gasteiger partial charge in [-0.15, -0.1) is 0 Å². The topological polar surface area (TPSA) is 58.2 Å². The summed E-state index contributed by atoms with van der Waals surface area (Å²) < 4.78 is 0. The molecular formula is C16H32N2O2. The van der Waals surface area contributed by atoms with E-state index in [0.29, 0.717) is 13.0 Å². The lowest BCUT2D eigenvalue weighted by molar-refractivity contribution is -0.121. The molecule has 0 spiro atoms. The van der Waals surface area contributed by atoms with Crippen molar-refractivity contribution in [3.8, 4) is 0 Å². The monoisotopic (exact) mass is 284 g/mol. The maximum absolute atomic E-state index is 11.5. The lowest BCUT2D eigenvalue weighted by Gasteiger charge is -2.10. The van der Waals surface area contributed by atoms with Crippen molar-refractivity contribution < 1.29 is 9.59 Å². The van der Waals surface area contributed by atoms with E-state index in [4.69, 9.17) is 0 Å². The Hall–Kier alpha value is -0.900. The van der Waals surface area contributed by atoms with Crippen LogP contribution in [0, 0.1) is 0 Å². The SMILES string of the molecule is CCCCCCCCCCCC(=O)NCC(C=O)NC. The molecule has 0 radical (unpaired) electrons. The molecular weight excluding hydrogens is 252 g/mol. The molecule has 0 aliphatic carbocycles. The predicted octanol–water partition coefficient (Wildman–Crippen LogP) is 2.81. The second-order valence-electron chi connectivity index (χ2n) is 5.41. The van der Waals surface area contributed by atoms with Gasteiger partial charge in [-0.1, -0.05) is 58.3 Å². The van der Waals surface area contributed by atoms with Crippen LogP contribution >= 0.6 is 0 Å². The third-order valence-corrected chi connectivity index (χ3v) is 3.56. The van der Waals surface area contributed by atoms with Crippen LogP contribution < -0.4 is 10.6 Å². The third kappa shape index (κ3) is 12.2. The van der Waals surface area contributed by atoms with Gasteiger partial charge >= 0.3 is 0 Å². The van der Waals surface area contributed by atoms with Crippen molar-refractivity contribution in [2.24, 2.45) is 0 Å². The summed E-state index contributed by atoms with van der Waals surface area (Å²) in [6.45, 7) is 2.62. The van der Waals surface area contributed by atoms with Crippen LogP contribution in [0.25, 0.3) is 0 Å². The molecule has 0 aromatic heterocycles. The fourth-order valence-corrected chi connectivity index (χ4v) is 2.13. The number of unbranched alkanes of at least 4 members (excludes halogenated alkanes) is 8. The van der Waals surface area contributed by atoms with Gasteiger partial charge in [0, 0.05) is 13.0 Å². The van der Waals surface area contributed by atoms with Crippen LogP contribution in [-0.2, 0) is 9.59 Å². The summed E-state index contributed by atoms with van der Waals surface area (Å²) in [5, 5.41) is 5.61. The van der Waals surface area contributed by atoms with Crippen molar-refractivity contribution in [2.75, 3.05) is 13.6 Å². The fraction of sp³-hybridized carbons (Fsp3) is 0.875. The van der Waals surface area contributed by atoms with E-state index in [1.165, 1.54) is 44.9 Å². The van der Waals surface area contributed by atoms with Gasteiger partial charge < -0.3 is 15.4 Å². The Labute approximate surface area is 124 Å². The molecule has 0 aliphatic rings. The lowest BCUT2D eigenvalue weighted by atomic mass is 10.1. The summed E-state index contributed by atoms with van der Waals surface area (Å²) in [5.41, 5.74) is 0. The van der Waals surface area contributed by atoms with Crippen molar-refractivity contribution in [3.63, 3.8) is 0 Å². The molecule has 0 aliphatic heterocycles. The van der Waals surface area contributed by atoms with Crippen molar-refractivity contribution in [1.29, 1.82) is 0 Å². The molecule has 1 atom stereocenters. The number of carbonyl (C=O) groups excluding carboxylic acids is 2. The summed E-state index contributed by atoms with van der Waals surface area (Å²) in [6, 6.07) is -0.276. The normalized spacial score (nSPS) is 12.1. The van der Waals surface area contributed by atoms with Gasteiger partial charge in [-0.3, -0.25) is 4.79 Å². The number of aldehydes is 1. The van der Waals surface area contributed by atoms with Gasteiger partial charge in [0.05, 0.1) is 6.04 Å². The van der Waals surface area contributed by atoms with Crippen LogP contribution in [0.5, 0.6) is 0 Å². The molecule has 118 valence electrons. The van der Waals surface area contributed by atoms with Gasteiger partial charge in [0.25, 0.3) is 0 Å². The highest BCUT2D eigenvalue weighted by Crippen LogP contribution is 2.10. The predicted molar refractivity (Wildman–Crippen MR) is 83.8 cm³/mol. The average Bonchev–Trinajstić information content (AvgIpc) is 2.46. The molecule has 0 fully saturated rings. The molecule has 0 heterocycles. The zero-order valence-corrected chi connectivity index (χ0v) is 13.2. The standard InChI is InChI=1S/C16H32N2O2/c1-3-4-5-6-7-8-9-10-11-12-16(20)18-13-15(14-19)17-2/h14-15,17H,3-13H2,1-2H3,(H,18,20). The number of amides is 1. The molecule has 1 amide bonds. The van der Waals surface area contributed by atoms with Crippen LogP contribution in [0.2, 0.25) is 0 Å². The number of hydrogen-bond donors (Lipinski definition) is 2. The van der Waals surface area contributed by atoms with Gasteiger partial charge in [-0.05, 0) is 13.5 Å². The summed E-state index contributed by atoms with van der Waals surface area (Å²) in [5.74, 6) is 0.0510. The molecule has 1 unspecified atom stereocenters. The lowest BCUT2D eigenvalue weighted by Crippen LogP contribution is -2.40. The van der Waals surface area contributed by atoms with E-state index in [9.17, 15) is 9.59 Å². The molecule has 2 N–H and O–H groups in total. The van der Waals surface area contributed by atoms with E-state index >= 15 is 0 Å². The number of hydrogen-bond acceptors (Lipinski definition) is 3. The molecule has 0 aromatic carbocycles. The summed E-state index contributed by atoms with van der Waals surface area (Å²) in [7, 11) is 1.71. The van der Waals surface area contributed by atoms with Crippen LogP contribution in [0.15, 0.2) is 0 Å². The van der Waals surface area contributed by atoms with Crippen LogP contribution in [-0.4, -0.2) is 31.8 Å². The highest BCUT2D eigenvalue weighted by molar-refractivity contribution is 5.76. The smallest absolute Gasteiger partial charge is 0.220 e. The fourth-order valence-electron chi connectivity index (χ4n) is 2.13. The van der Waals surface area contributed by atoms with Gasteiger partial charge in [0.1, 0.15) is 6.29 Å². The first kappa shape index (κ1) is 19.1. The minimum Gasteiger partial charge on any atom is -0.354 e. The van der Waals surface area contributed by atoms with Crippen molar-refractivity contribution in [1.82, 2.24) is 10.6 Å². The Morgan fingerprint density at radius 3 is 2.05 bits per heavy atom. The van der Waals surface area contributed by atoms with E-state index in [2.05, 4.69) is 17.6 Å². The van der Waals surface area contributed by atoms with Crippen LogP contribution in [0.3, 0.4) is 0 Å². The number of carbonyl (C=O) groups is 2. The maximum Gasteiger partial charge on any atom is 0.220 e. The number of rotatable bonds is 14. The number of likely N-dealkylation sites (N-methyl/N-ethyl adjacent to an activating group) is 1. The third-order valence-electron chi connectivity index (χ3n) is 3.56. The molecule has 0 rings (SSSR count). The minimum absolute atomic E-state index is 0.0510. The minimum atomic E-state index is -0.276. The second-order valence-corrected chi connectivity index (χ2v) is 5.41. The van der Waals surface area contributed by atoms with E-state index in [1.807, 2.05) is 0 Å². The second kappa shape index (κ2) is 14.5. The molecule has 0 saturated heterocycles. The number of nitrogens with one attached hydrogen (secondary N) is 2. The Balaban J connectivity index is 3.29. The van der Waals surface area contributed by atoms with E-state index < -0.39 is 0 Å². The molecule has 20 heavy (non-hydrogen) atoms. The van der Waals surface area contributed by atoms with Gasteiger partial charge in [-0.2, -0.15) is 0 Å². The van der Waals surface area contributed by atoms with Gasteiger partial charge in [-0.25, -0.2) is 0 Å². The molecule has 0 saturated carbocycles. The zero-order valence-electron chi connectivity index (χ0n) is 13.2. The Morgan fingerprint density at radius 2 is 1.55 bits per heavy atom. The first-order chi connectivity index (χ1) is 9.74. The highest BCUT2D eigenvalue weighted by atomic mass is 16.1. The average molecular weight is 284 g/mol. The van der Waals surface area contributed by atoms with Crippen molar-refractivity contribution >= 4 is 12.2 Å². The van der Waals surface area contributed by atoms with E-state index in [0.717, 1.165) is 19.1 Å². The Morgan fingerprint density at radius 1 is 1.00 bits per heavy atom. The zero-order chi connectivity index (χ0) is 15.1. The van der Waals surface area contributed by atoms with E-state index in [1.54, 1.807) is 7.05 Å². The molecule has 4 nitrogen and oxygen atoms in total. The highest BCUT2D eigenvalue weighted by Gasteiger charge is 2.06. The van der Waals surface area contributed by atoms with Crippen molar-refractivity contribution in [2.45, 2.75) is 77.2 Å². The molecule has 0 bridgehead atoms. The first-order valence-corrected chi connectivity index (χ1v) is 8.13. The van der Waals surface area contributed by atoms with E-state index in [-0.39, 0.29) is 11.9 Å². The molecule has 4 heteroatoms. The summed E-state index contributed by atoms with van der Waals surface area (Å²) >= 11 is 0. The quantitative estimate of drug-likeness (QED) is 0.381. The van der Waals surface area contributed by atoms with Crippen molar-refractivity contribution in [3.05, 3.63) is 0 Å². The van der Waals surface area contributed by atoms with Gasteiger partial charge in [0.15, 0.2) is 0 Å². The van der Waals surface area contributed by atoms with Crippen LogP contribution in [0.4, 0.5) is 0 Å².